The zero-order chi connectivity index (χ0) is 12.4. The van der Waals surface area contributed by atoms with Crippen molar-refractivity contribution in [2.75, 3.05) is 6.54 Å². The Kier molecular flexibility index (Phi) is 3.50. The molecule has 0 amide bonds. The number of aromatic nitrogens is 2. The van der Waals surface area contributed by atoms with E-state index < -0.39 is 0 Å². The lowest BCUT2D eigenvalue weighted by molar-refractivity contribution is 0.454. The molecule has 3 nitrogen and oxygen atoms in total. The molecule has 3 rings (SSSR count). The van der Waals surface area contributed by atoms with Crippen LogP contribution in [-0.2, 0) is 13.5 Å². The molecule has 0 fully saturated rings. The average molecular weight is 245 g/mol. The fourth-order valence-corrected chi connectivity index (χ4v) is 3.29. The highest BCUT2D eigenvalue weighted by Gasteiger charge is 2.22. The fourth-order valence-electron chi connectivity index (χ4n) is 3.29. The van der Waals surface area contributed by atoms with Crippen LogP contribution in [0, 0.1) is 0 Å². The van der Waals surface area contributed by atoms with E-state index in [-0.39, 0.29) is 0 Å². The lowest BCUT2D eigenvalue weighted by atomic mass is 9.93. The van der Waals surface area contributed by atoms with E-state index in [1.165, 1.54) is 56.2 Å². The van der Waals surface area contributed by atoms with E-state index in [2.05, 4.69) is 29.7 Å². The molecule has 1 unspecified atom stereocenters. The highest BCUT2D eigenvalue weighted by atomic mass is 15.3. The standard InChI is InChI=1S/C15H23N3/c1-18-15-8-4-7-14(13(15)11-17-18)16-10-9-12-5-2-3-6-12/h5,11,14,16H,2-4,6-10H2,1H3. The number of fused-ring (bicyclic) bond motifs is 1. The van der Waals surface area contributed by atoms with Crippen molar-refractivity contribution < 1.29 is 0 Å². The molecule has 1 atom stereocenters. The maximum Gasteiger partial charge on any atom is 0.0540 e. The van der Waals surface area contributed by atoms with Gasteiger partial charge in [-0.2, -0.15) is 5.10 Å². The molecule has 2 aliphatic carbocycles. The smallest absolute Gasteiger partial charge is 0.0540 e. The molecule has 0 radical (unpaired) electrons. The van der Waals surface area contributed by atoms with Crippen LogP contribution in [0.3, 0.4) is 0 Å². The lowest BCUT2D eigenvalue weighted by Crippen LogP contribution is -2.26. The number of hydrogen-bond acceptors (Lipinski definition) is 2. The summed E-state index contributed by atoms with van der Waals surface area (Å²) >= 11 is 0. The van der Waals surface area contributed by atoms with Crippen LogP contribution in [0.4, 0.5) is 0 Å². The summed E-state index contributed by atoms with van der Waals surface area (Å²) in [5, 5.41) is 8.12. The summed E-state index contributed by atoms with van der Waals surface area (Å²) in [6.07, 6.45) is 13.4. The Labute approximate surface area is 109 Å². The number of aryl methyl sites for hydroxylation is 1. The first-order valence-electron chi connectivity index (χ1n) is 7.26. The van der Waals surface area contributed by atoms with Gasteiger partial charge in [-0.05, 0) is 51.5 Å². The average Bonchev–Trinajstić information content (AvgIpc) is 3.01. The zero-order valence-electron chi connectivity index (χ0n) is 11.3. The summed E-state index contributed by atoms with van der Waals surface area (Å²) in [5.41, 5.74) is 4.52. The quantitative estimate of drug-likeness (QED) is 0.827. The SMILES string of the molecule is Cn1ncc2c1CCCC2NCCC1=CCCC1. The van der Waals surface area contributed by atoms with Gasteiger partial charge in [-0.3, -0.25) is 4.68 Å². The van der Waals surface area contributed by atoms with Crippen LogP contribution in [0.2, 0.25) is 0 Å². The number of nitrogens with one attached hydrogen (secondary N) is 1. The third kappa shape index (κ3) is 2.37. The molecule has 98 valence electrons. The second-order valence-electron chi connectivity index (χ2n) is 5.57. The second kappa shape index (κ2) is 5.27. The van der Waals surface area contributed by atoms with Gasteiger partial charge in [0.05, 0.1) is 6.20 Å². The van der Waals surface area contributed by atoms with Crippen LogP contribution in [0.1, 0.15) is 55.8 Å². The van der Waals surface area contributed by atoms with Crippen molar-refractivity contribution in [2.45, 2.75) is 51.0 Å². The van der Waals surface area contributed by atoms with Gasteiger partial charge in [0.1, 0.15) is 0 Å². The Morgan fingerprint density at radius 3 is 3.17 bits per heavy atom. The normalized spacial score (nSPS) is 22.9. The topological polar surface area (TPSA) is 29.9 Å². The van der Waals surface area contributed by atoms with Crippen molar-refractivity contribution in [2.24, 2.45) is 7.05 Å². The molecule has 18 heavy (non-hydrogen) atoms. The number of allylic oxidation sites excluding steroid dienone is 1. The third-order valence-corrected chi connectivity index (χ3v) is 4.35. The minimum atomic E-state index is 0.532. The van der Waals surface area contributed by atoms with Gasteiger partial charge >= 0.3 is 0 Å². The molecule has 0 aliphatic heterocycles. The second-order valence-corrected chi connectivity index (χ2v) is 5.57. The van der Waals surface area contributed by atoms with Crippen molar-refractivity contribution in [3.05, 3.63) is 29.1 Å². The highest BCUT2D eigenvalue weighted by molar-refractivity contribution is 5.24. The summed E-state index contributed by atoms with van der Waals surface area (Å²) < 4.78 is 2.04. The first-order chi connectivity index (χ1) is 8.84. The molecule has 0 bridgehead atoms. The summed E-state index contributed by atoms with van der Waals surface area (Å²) in [6.45, 7) is 1.12. The predicted octanol–water partition coefficient (Wildman–Crippen LogP) is 2.89. The fraction of sp³-hybridized carbons (Fsp3) is 0.667. The minimum Gasteiger partial charge on any atom is -0.309 e. The minimum absolute atomic E-state index is 0.532. The molecule has 1 aromatic rings. The van der Waals surface area contributed by atoms with Crippen LogP contribution in [0.15, 0.2) is 17.8 Å². The number of rotatable bonds is 4. The molecule has 0 saturated carbocycles. The maximum absolute atomic E-state index is 4.40. The van der Waals surface area contributed by atoms with E-state index in [1.807, 2.05) is 4.68 Å². The molecule has 0 aromatic carbocycles. The Balaban J connectivity index is 1.57. The first-order valence-corrected chi connectivity index (χ1v) is 7.26. The molecule has 1 aromatic heterocycles. The monoisotopic (exact) mass is 245 g/mol. The van der Waals surface area contributed by atoms with Gasteiger partial charge in [0.2, 0.25) is 0 Å². The van der Waals surface area contributed by atoms with E-state index in [0.29, 0.717) is 6.04 Å². The Bertz CT molecular complexity index is 445. The molecular weight excluding hydrogens is 222 g/mol. The van der Waals surface area contributed by atoms with E-state index in [0.717, 1.165) is 6.54 Å². The van der Waals surface area contributed by atoms with Crippen LogP contribution < -0.4 is 5.32 Å². The van der Waals surface area contributed by atoms with E-state index >= 15 is 0 Å². The summed E-state index contributed by atoms with van der Waals surface area (Å²) in [5.74, 6) is 0. The summed E-state index contributed by atoms with van der Waals surface area (Å²) in [6, 6.07) is 0.532. The predicted molar refractivity (Wildman–Crippen MR) is 73.4 cm³/mol. The molecule has 0 saturated heterocycles. The molecule has 3 heteroatoms. The van der Waals surface area contributed by atoms with Crippen molar-refractivity contribution in [1.29, 1.82) is 0 Å². The zero-order valence-corrected chi connectivity index (χ0v) is 11.3. The van der Waals surface area contributed by atoms with Gasteiger partial charge in [-0.1, -0.05) is 11.6 Å². The molecule has 2 aliphatic rings. The Morgan fingerprint density at radius 2 is 2.33 bits per heavy atom. The summed E-state index contributed by atoms with van der Waals surface area (Å²) in [7, 11) is 2.06. The van der Waals surface area contributed by atoms with Crippen molar-refractivity contribution in [3.8, 4) is 0 Å². The van der Waals surface area contributed by atoms with Crippen LogP contribution in [0.25, 0.3) is 0 Å². The first kappa shape index (κ1) is 12.0. The molecule has 0 spiro atoms. The Morgan fingerprint density at radius 1 is 1.39 bits per heavy atom. The highest BCUT2D eigenvalue weighted by Crippen LogP contribution is 2.29. The van der Waals surface area contributed by atoms with Crippen LogP contribution in [0.5, 0.6) is 0 Å². The van der Waals surface area contributed by atoms with Gasteiger partial charge in [0.25, 0.3) is 0 Å². The Hall–Kier alpha value is -1.09. The lowest BCUT2D eigenvalue weighted by Gasteiger charge is -2.24. The van der Waals surface area contributed by atoms with Crippen LogP contribution in [-0.4, -0.2) is 16.3 Å². The van der Waals surface area contributed by atoms with Gasteiger partial charge in [-0.15, -0.1) is 0 Å². The number of hydrogen-bond donors (Lipinski definition) is 1. The van der Waals surface area contributed by atoms with Gasteiger partial charge < -0.3 is 5.32 Å². The number of nitrogens with zero attached hydrogens (tertiary/aromatic N) is 2. The van der Waals surface area contributed by atoms with Crippen molar-refractivity contribution in [3.63, 3.8) is 0 Å². The van der Waals surface area contributed by atoms with Crippen LogP contribution >= 0.6 is 0 Å². The van der Waals surface area contributed by atoms with Crippen molar-refractivity contribution in [1.82, 2.24) is 15.1 Å². The third-order valence-electron chi connectivity index (χ3n) is 4.35. The molecule has 1 heterocycles. The van der Waals surface area contributed by atoms with E-state index in [4.69, 9.17) is 0 Å². The largest absolute Gasteiger partial charge is 0.309 e. The molecular formula is C15H23N3. The van der Waals surface area contributed by atoms with Gasteiger partial charge in [0, 0.05) is 24.3 Å². The summed E-state index contributed by atoms with van der Waals surface area (Å²) in [4.78, 5) is 0. The van der Waals surface area contributed by atoms with E-state index in [9.17, 15) is 0 Å². The molecule has 1 N–H and O–H groups in total. The van der Waals surface area contributed by atoms with Crippen molar-refractivity contribution >= 4 is 0 Å². The maximum atomic E-state index is 4.40. The van der Waals surface area contributed by atoms with E-state index in [1.54, 1.807) is 5.57 Å². The van der Waals surface area contributed by atoms with Gasteiger partial charge in [0.15, 0.2) is 0 Å². The van der Waals surface area contributed by atoms with Gasteiger partial charge in [-0.25, -0.2) is 0 Å².